The summed E-state index contributed by atoms with van der Waals surface area (Å²) in [5.74, 6) is 0.886. The van der Waals surface area contributed by atoms with Crippen molar-refractivity contribution in [2.75, 3.05) is 24.3 Å². The number of ether oxygens (including phenoxy) is 1. The minimum atomic E-state index is -1.08. The SMILES string of the molecule is Cc1nc(N(C)C)nc(C)c1NC(=O)C(C)(C)Oc1ccc(Cl)cc1. The summed E-state index contributed by atoms with van der Waals surface area (Å²) in [6, 6.07) is 6.88. The number of carbonyl (C=O) groups excluding carboxylic acids is 1. The molecular weight excluding hydrogens is 340 g/mol. The highest BCUT2D eigenvalue weighted by molar-refractivity contribution is 6.30. The summed E-state index contributed by atoms with van der Waals surface area (Å²) in [5, 5.41) is 3.49. The molecule has 0 spiro atoms. The third-order valence-electron chi connectivity index (χ3n) is 3.63. The van der Waals surface area contributed by atoms with Crippen LogP contribution in [0.3, 0.4) is 0 Å². The quantitative estimate of drug-likeness (QED) is 0.880. The summed E-state index contributed by atoms with van der Waals surface area (Å²) >= 11 is 5.87. The lowest BCUT2D eigenvalue weighted by Gasteiger charge is -2.26. The van der Waals surface area contributed by atoms with Gasteiger partial charge in [0.1, 0.15) is 5.75 Å². The molecule has 1 heterocycles. The highest BCUT2D eigenvalue weighted by Gasteiger charge is 2.31. The molecule has 1 aromatic carbocycles. The molecule has 0 fully saturated rings. The molecule has 7 heteroatoms. The zero-order valence-electron chi connectivity index (χ0n) is 15.3. The van der Waals surface area contributed by atoms with Crippen molar-refractivity contribution in [1.82, 2.24) is 9.97 Å². The molecule has 0 aliphatic heterocycles. The van der Waals surface area contributed by atoms with Crippen LogP contribution >= 0.6 is 11.6 Å². The molecule has 0 radical (unpaired) electrons. The maximum atomic E-state index is 12.7. The molecule has 134 valence electrons. The fraction of sp³-hybridized carbons (Fsp3) is 0.389. The Morgan fingerprint density at radius 2 is 1.64 bits per heavy atom. The number of nitrogens with one attached hydrogen (secondary N) is 1. The average Bonchev–Trinajstić information content (AvgIpc) is 2.52. The maximum Gasteiger partial charge on any atom is 0.268 e. The number of rotatable bonds is 5. The predicted octanol–water partition coefficient (Wildman–Crippen LogP) is 3.61. The number of benzene rings is 1. The summed E-state index contributed by atoms with van der Waals surface area (Å²) < 4.78 is 5.81. The predicted molar refractivity (Wildman–Crippen MR) is 101 cm³/mol. The highest BCUT2D eigenvalue weighted by atomic mass is 35.5. The van der Waals surface area contributed by atoms with Gasteiger partial charge in [-0.1, -0.05) is 11.6 Å². The highest BCUT2D eigenvalue weighted by Crippen LogP contribution is 2.24. The second kappa shape index (κ2) is 7.27. The van der Waals surface area contributed by atoms with Crippen molar-refractivity contribution in [2.45, 2.75) is 33.3 Å². The van der Waals surface area contributed by atoms with Crippen molar-refractivity contribution in [1.29, 1.82) is 0 Å². The van der Waals surface area contributed by atoms with Crippen LogP contribution in [0.2, 0.25) is 5.02 Å². The first-order valence-electron chi connectivity index (χ1n) is 7.89. The van der Waals surface area contributed by atoms with Crippen LogP contribution in [0.4, 0.5) is 11.6 Å². The Labute approximate surface area is 153 Å². The van der Waals surface area contributed by atoms with E-state index in [-0.39, 0.29) is 5.91 Å². The van der Waals surface area contributed by atoms with Crippen LogP contribution in [0.1, 0.15) is 25.2 Å². The third kappa shape index (κ3) is 4.60. The first-order chi connectivity index (χ1) is 11.6. The molecule has 25 heavy (non-hydrogen) atoms. The van der Waals surface area contributed by atoms with Crippen molar-refractivity contribution >= 4 is 29.1 Å². The van der Waals surface area contributed by atoms with Crippen LogP contribution in [0.25, 0.3) is 0 Å². The van der Waals surface area contributed by atoms with Gasteiger partial charge in [0.25, 0.3) is 5.91 Å². The lowest BCUT2D eigenvalue weighted by molar-refractivity contribution is -0.128. The van der Waals surface area contributed by atoms with E-state index in [0.717, 1.165) is 0 Å². The molecule has 1 amide bonds. The maximum absolute atomic E-state index is 12.7. The number of anilines is 2. The van der Waals surface area contributed by atoms with E-state index in [1.807, 2.05) is 32.8 Å². The topological polar surface area (TPSA) is 67.4 Å². The van der Waals surface area contributed by atoms with Gasteiger partial charge in [-0.3, -0.25) is 4.79 Å². The number of aromatic nitrogens is 2. The van der Waals surface area contributed by atoms with Gasteiger partial charge in [0.15, 0.2) is 5.60 Å². The van der Waals surface area contributed by atoms with Crippen LogP contribution in [0.15, 0.2) is 24.3 Å². The van der Waals surface area contributed by atoms with Crippen molar-refractivity contribution in [3.05, 3.63) is 40.7 Å². The molecule has 0 atom stereocenters. The van der Waals surface area contributed by atoms with Gasteiger partial charge in [0.2, 0.25) is 5.95 Å². The van der Waals surface area contributed by atoms with Crippen molar-refractivity contribution in [3.63, 3.8) is 0 Å². The Balaban J connectivity index is 2.19. The van der Waals surface area contributed by atoms with E-state index in [4.69, 9.17) is 16.3 Å². The van der Waals surface area contributed by atoms with Gasteiger partial charge in [-0.2, -0.15) is 0 Å². The number of hydrogen-bond acceptors (Lipinski definition) is 5. The molecule has 0 unspecified atom stereocenters. The van der Waals surface area contributed by atoms with E-state index in [1.54, 1.807) is 38.1 Å². The van der Waals surface area contributed by atoms with Gasteiger partial charge >= 0.3 is 0 Å². The minimum absolute atomic E-state index is 0.283. The number of amides is 1. The van der Waals surface area contributed by atoms with Crippen molar-refractivity contribution in [2.24, 2.45) is 0 Å². The van der Waals surface area contributed by atoms with E-state index >= 15 is 0 Å². The average molecular weight is 363 g/mol. The largest absolute Gasteiger partial charge is 0.478 e. The van der Waals surface area contributed by atoms with Crippen LogP contribution in [0.5, 0.6) is 5.75 Å². The van der Waals surface area contributed by atoms with Gasteiger partial charge in [-0.25, -0.2) is 9.97 Å². The van der Waals surface area contributed by atoms with Crippen LogP contribution in [-0.2, 0) is 4.79 Å². The van der Waals surface area contributed by atoms with Gasteiger partial charge < -0.3 is 15.0 Å². The van der Waals surface area contributed by atoms with E-state index in [2.05, 4.69) is 15.3 Å². The lowest BCUT2D eigenvalue weighted by Crippen LogP contribution is -2.43. The van der Waals surface area contributed by atoms with Gasteiger partial charge in [0.05, 0.1) is 17.1 Å². The van der Waals surface area contributed by atoms with E-state index in [1.165, 1.54) is 0 Å². The summed E-state index contributed by atoms with van der Waals surface area (Å²) in [6.07, 6.45) is 0. The standard InChI is InChI=1S/C18H23ClN4O2/c1-11-15(12(2)21-17(20-11)23(5)6)22-16(24)18(3,4)25-14-9-7-13(19)8-10-14/h7-10H,1-6H3,(H,22,24). The number of halogens is 1. The second-order valence-electron chi connectivity index (χ2n) is 6.48. The number of nitrogens with zero attached hydrogens (tertiary/aromatic N) is 3. The molecule has 6 nitrogen and oxygen atoms in total. The number of carbonyl (C=O) groups is 1. The normalized spacial score (nSPS) is 11.2. The summed E-state index contributed by atoms with van der Waals surface area (Å²) in [7, 11) is 3.74. The molecule has 0 bridgehead atoms. The van der Waals surface area contributed by atoms with E-state index in [9.17, 15) is 4.79 Å². The Bertz CT molecular complexity index is 750. The Morgan fingerprint density at radius 3 is 2.12 bits per heavy atom. The van der Waals surface area contributed by atoms with Crippen LogP contribution in [-0.4, -0.2) is 35.6 Å². The van der Waals surface area contributed by atoms with Gasteiger partial charge in [-0.15, -0.1) is 0 Å². The molecule has 0 saturated carbocycles. The Hall–Kier alpha value is -2.34. The Kier molecular flexibility index (Phi) is 5.52. The molecule has 0 aliphatic rings. The zero-order chi connectivity index (χ0) is 18.8. The fourth-order valence-electron chi connectivity index (χ4n) is 2.19. The minimum Gasteiger partial charge on any atom is -0.478 e. The summed E-state index contributed by atoms with van der Waals surface area (Å²) in [5.41, 5.74) is 0.925. The van der Waals surface area contributed by atoms with E-state index < -0.39 is 5.60 Å². The summed E-state index contributed by atoms with van der Waals surface area (Å²) in [4.78, 5) is 23.3. The van der Waals surface area contributed by atoms with Crippen molar-refractivity contribution < 1.29 is 9.53 Å². The van der Waals surface area contributed by atoms with Crippen LogP contribution < -0.4 is 15.0 Å². The number of hydrogen-bond donors (Lipinski definition) is 1. The molecular formula is C18H23ClN4O2. The monoisotopic (exact) mass is 362 g/mol. The molecule has 2 rings (SSSR count). The molecule has 1 N–H and O–H groups in total. The lowest BCUT2D eigenvalue weighted by atomic mass is 10.1. The molecule has 1 aromatic heterocycles. The third-order valence-corrected chi connectivity index (χ3v) is 3.88. The van der Waals surface area contributed by atoms with Crippen LogP contribution in [0, 0.1) is 13.8 Å². The first kappa shape index (κ1) is 19.0. The first-order valence-corrected chi connectivity index (χ1v) is 8.26. The number of aryl methyl sites for hydroxylation is 2. The van der Waals surface area contributed by atoms with E-state index in [0.29, 0.717) is 33.8 Å². The molecule has 0 saturated heterocycles. The summed E-state index contributed by atoms with van der Waals surface area (Å²) in [6.45, 7) is 7.09. The Morgan fingerprint density at radius 1 is 1.12 bits per heavy atom. The van der Waals surface area contributed by atoms with Crippen molar-refractivity contribution in [3.8, 4) is 5.75 Å². The zero-order valence-corrected chi connectivity index (χ0v) is 16.1. The molecule has 2 aromatic rings. The molecule has 0 aliphatic carbocycles. The van der Waals surface area contributed by atoms with Gasteiger partial charge in [0, 0.05) is 19.1 Å². The smallest absolute Gasteiger partial charge is 0.268 e. The fourth-order valence-corrected chi connectivity index (χ4v) is 2.31. The van der Waals surface area contributed by atoms with Gasteiger partial charge in [-0.05, 0) is 52.0 Å². The second-order valence-corrected chi connectivity index (χ2v) is 6.92.